The van der Waals surface area contributed by atoms with Crippen molar-refractivity contribution in [2.24, 2.45) is 0 Å². The lowest BCUT2D eigenvalue weighted by molar-refractivity contribution is 0.526. The van der Waals surface area contributed by atoms with E-state index in [0.29, 0.717) is 32.1 Å². The molecule has 3 aromatic carbocycles. The predicted octanol–water partition coefficient (Wildman–Crippen LogP) is 9.28. The molecule has 1 N–H and O–H groups in total. The minimum absolute atomic E-state index is 0.103. The highest BCUT2D eigenvalue weighted by Crippen LogP contribution is 2.41. The molecule has 0 saturated heterocycles. The quantitative estimate of drug-likeness (QED) is 0.380. The molecule has 1 heterocycles. The topological polar surface area (TPSA) is 12.0 Å². The summed E-state index contributed by atoms with van der Waals surface area (Å²) in [6.07, 6.45) is -0.614. The van der Waals surface area contributed by atoms with Gasteiger partial charge in [0.05, 0.1) is 12.4 Å². The first-order chi connectivity index (χ1) is 16.4. The second-order valence-electron chi connectivity index (χ2n) is 7.70. The number of rotatable bonds is 4. The third kappa shape index (κ3) is 5.07. The smallest absolute Gasteiger partial charge is 0.161 e. The number of hydrogen-bond donors (Lipinski definition) is 1. The minimum Gasteiger partial charge on any atom is -0.378 e. The van der Waals surface area contributed by atoms with E-state index < -0.39 is 18.3 Å². The lowest BCUT2D eigenvalue weighted by Crippen LogP contribution is -2.27. The predicted molar refractivity (Wildman–Crippen MR) is 135 cm³/mol. The third-order valence-electron chi connectivity index (χ3n) is 5.20. The summed E-state index contributed by atoms with van der Waals surface area (Å²) in [6.45, 7) is 4.18. The van der Waals surface area contributed by atoms with Gasteiger partial charge in [-0.25, -0.2) is 0 Å². The van der Waals surface area contributed by atoms with Gasteiger partial charge in [-0.3, -0.25) is 0 Å². The first-order valence-corrected chi connectivity index (χ1v) is 11.4. The molecule has 0 amide bonds. The first kappa shape index (κ1) is 17.9. The Labute approximate surface area is 209 Å². The van der Waals surface area contributed by atoms with Gasteiger partial charge in [0.2, 0.25) is 0 Å². The van der Waals surface area contributed by atoms with Crippen molar-refractivity contribution in [2.45, 2.75) is 38.1 Å². The molecule has 1 nitrogen and oxygen atoms in total. The average molecular weight is 495 g/mol. The second-order valence-corrected chi connectivity index (χ2v) is 9.39. The van der Waals surface area contributed by atoms with Crippen LogP contribution in [-0.4, -0.2) is 0 Å². The van der Waals surface area contributed by atoms with E-state index in [0.717, 1.165) is 10.9 Å². The van der Waals surface area contributed by atoms with Gasteiger partial charge < -0.3 is 5.31 Å². The summed E-state index contributed by atoms with van der Waals surface area (Å²) in [5, 5.41) is 2.03. The number of allylic oxidation sites excluding steroid dienone is 1. The Morgan fingerprint density at radius 1 is 0.935 bits per heavy atom. The molecule has 1 aliphatic rings. The second kappa shape index (κ2) is 9.46. The van der Waals surface area contributed by atoms with Gasteiger partial charge in [0.25, 0.3) is 0 Å². The molecule has 0 spiro atoms. The largest absolute Gasteiger partial charge is 0.378 e. The Hall–Kier alpha value is -1.64. The third-order valence-corrected chi connectivity index (χ3v) is 6.30. The summed E-state index contributed by atoms with van der Waals surface area (Å²) in [5.41, 5.74) is 2.67. The van der Waals surface area contributed by atoms with Crippen LogP contribution in [0.4, 0.5) is 0 Å². The summed E-state index contributed by atoms with van der Waals surface area (Å²) in [6, 6.07) is 14.8. The fourth-order valence-corrected chi connectivity index (χ4v) is 4.47. The van der Waals surface area contributed by atoms with E-state index in [-0.39, 0.29) is 16.3 Å². The molecule has 1 aliphatic heterocycles. The SMILES string of the molecule is [2H]N1C(c2ccc(Cl)cc2Cl)=CC(c2ccc(C(C)C)cc2)C([2H])([2H])C1([2H])c1ccc(Cl)cc1Cl. The molecule has 0 fully saturated rings. The van der Waals surface area contributed by atoms with E-state index >= 15 is 0 Å². The molecule has 2 unspecified atom stereocenters. The van der Waals surface area contributed by atoms with Crippen molar-refractivity contribution in [3.05, 3.63) is 109 Å². The molecule has 2 atom stereocenters. The normalized spacial score (nSPS) is 24.8. The van der Waals surface area contributed by atoms with Crippen LogP contribution in [0.25, 0.3) is 5.70 Å². The minimum atomic E-state index is -2.27. The summed E-state index contributed by atoms with van der Waals surface area (Å²) < 4.78 is 36.9. The number of halogens is 4. The van der Waals surface area contributed by atoms with E-state index in [2.05, 4.69) is 13.8 Å². The fraction of sp³-hybridized carbons (Fsp3) is 0.231. The van der Waals surface area contributed by atoms with Crippen LogP contribution in [0, 0.1) is 0 Å². The Morgan fingerprint density at radius 2 is 1.58 bits per heavy atom. The molecular formula is C26H23Cl4N. The van der Waals surface area contributed by atoms with Crippen molar-refractivity contribution in [1.82, 2.24) is 5.31 Å². The van der Waals surface area contributed by atoms with Gasteiger partial charge in [-0.2, -0.15) is 0 Å². The van der Waals surface area contributed by atoms with Crippen molar-refractivity contribution >= 4 is 52.1 Å². The van der Waals surface area contributed by atoms with Crippen LogP contribution in [0.15, 0.2) is 66.7 Å². The Bertz CT molecular complexity index is 1290. The summed E-state index contributed by atoms with van der Waals surface area (Å²) in [5.74, 6) is -0.561. The van der Waals surface area contributed by atoms with Gasteiger partial charge in [-0.15, -0.1) is 0 Å². The average Bonchev–Trinajstić information content (AvgIpc) is 2.78. The molecule has 3 aromatic rings. The Balaban J connectivity index is 1.99. The first-order valence-electron chi connectivity index (χ1n) is 11.8. The van der Waals surface area contributed by atoms with E-state index in [1.807, 2.05) is 24.3 Å². The van der Waals surface area contributed by atoms with E-state index in [1.54, 1.807) is 30.3 Å². The highest BCUT2D eigenvalue weighted by molar-refractivity contribution is 6.36. The van der Waals surface area contributed by atoms with Crippen LogP contribution in [-0.2, 0) is 0 Å². The van der Waals surface area contributed by atoms with Crippen molar-refractivity contribution < 1.29 is 5.52 Å². The molecule has 4 rings (SSSR count). The molecule has 0 aromatic heterocycles. The zero-order valence-electron chi connectivity index (χ0n) is 21.0. The zero-order valence-corrected chi connectivity index (χ0v) is 20.0. The lowest BCUT2D eigenvalue weighted by atomic mass is 9.84. The van der Waals surface area contributed by atoms with Gasteiger partial charge in [0.1, 0.15) is 0 Å². The molecule has 160 valence electrons. The van der Waals surface area contributed by atoms with Gasteiger partial charge in [-0.05, 0) is 59.3 Å². The number of benzene rings is 3. The van der Waals surface area contributed by atoms with Crippen molar-refractivity contribution in [2.75, 3.05) is 0 Å². The molecule has 0 saturated carbocycles. The lowest BCUT2D eigenvalue weighted by Gasteiger charge is -2.32. The summed E-state index contributed by atoms with van der Waals surface area (Å²) in [4.78, 5) is 0. The van der Waals surface area contributed by atoms with Crippen LogP contribution in [0.2, 0.25) is 21.5 Å². The molecular weight excluding hydrogens is 468 g/mol. The molecule has 5 heteroatoms. The van der Waals surface area contributed by atoms with Crippen LogP contribution in [0.3, 0.4) is 0 Å². The van der Waals surface area contributed by atoms with Crippen molar-refractivity contribution in [3.8, 4) is 0 Å². The Morgan fingerprint density at radius 3 is 2.19 bits per heavy atom. The molecule has 31 heavy (non-hydrogen) atoms. The maximum atomic E-state index is 9.49. The monoisotopic (exact) mass is 493 g/mol. The fourth-order valence-electron chi connectivity index (χ4n) is 3.47. The van der Waals surface area contributed by atoms with Crippen LogP contribution in [0.1, 0.15) is 64.4 Å². The van der Waals surface area contributed by atoms with E-state index in [4.69, 9.17) is 47.8 Å². The van der Waals surface area contributed by atoms with Crippen LogP contribution < -0.4 is 5.31 Å². The number of nitrogens with one attached hydrogen (secondary N) is 1. The molecule has 0 radical (unpaired) electrons. The maximum absolute atomic E-state index is 9.49. The number of hydrogen-bond acceptors (Lipinski definition) is 1. The zero-order chi connectivity index (χ0) is 25.7. The summed E-state index contributed by atoms with van der Waals surface area (Å²) in [7, 11) is 0. The summed E-state index contributed by atoms with van der Waals surface area (Å²) >= 11 is 25.2. The highest BCUT2D eigenvalue weighted by Gasteiger charge is 2.27. The van der Waals surface area contributed by atoms with Gasteiger partial charge in [0.15, 0.2) is 1.41 Å². The van der Waals surface area contributed by atoms with Gasteiger partial charge in [-0.1, -0.05) is 96.7 Å². The van der Waals surface area contributed by atoms with Crippen LogP contribution in [0.5, 0.6) is 0 Å². The van der Waals surface area contributed by atoms with Gasteiger partial charge >= 0.3 is 0 Å². The van der Waals surface area contributed by atoms with E-state index in [9.17, 15) is 4.11 Å². The van der Waals surface area contributed by atoms with Crippen molar-refractivity contribution in [3.63, 3.8) is 0 Å². The highest BCUT2D eigenvalue weighted by atomic mass is 35.5. The molecule has 0 bridgehead atoms. The standard InChI is InChI=1S/C26H23Cl4N/c1-15(2)16-3-5-17(6-4-16)18-11-25(21-9-7-19(27)13-23(21)29)31-26(12-18)22-10-8-20(28)14-24(22)30/h3-11,13-15,18,26,31H,12H2,1-2H3/i12D2,26D/hD. The Kier molecular flexibility index (Phi) is 5.45. The van der Waals surface area contributed by atoms with Crippen molar-refractivity contribution in [1.29, 1.82) is 0 Å². The molecule has 0 aliphatic carbocycles. The van der Waals surface area contributed by atoms with E-state index in [1.165, 1.54) is 12.1 Å². The maximum Gasteiger partial charge on any atom is 0.161 e. The van der Waals surface area contributed by atoms with Crippen LogP contribution >= 0.6 is 46.4 Å². The van der Waals surface area contributed by atoms with Gasteiger partial charge in [0, 0.05) is 35.0 Å².